The van der Waals surface area contributed by atoms with Crippen LogP contribution in [0.5, 0.6) is 0 Å². The van der Waals surface area contributed by atoms with Crippen LogP contribution < -0.4 is 5.32 Å². The molecule has 78 valence electrons. The van der Waals surface area contributed by atoms with E-state index < -0.39 is 0 Å². The Kier molecular flexibility index (Phi) is 2.72. The number of aryl methyl sites for hydroxylation is 1. The minimum Gasteiger partial charge on any atom is -0.376 e. The van der Waals surface area contributed by atoms with Crippen molar-refractivity contribution in [2.24, 2.45) is 7.05 Å². The maximum absolute atomic E-state index is 4.12. The van der Waals surface area contributed by atoms with Crippen molar-refractivity contribution in [2.75, 3.05) is 5.32 Å². The van der Waals surface area contributed by atoms with E-state index in [0.717, 1.165) is 5.69 Å². The predicted molar refractivity (Wildman–Crippen MR) is 61.7 cm³/mol. The third-order valence-corrected chi connectivity index (χ3v) is 2.39. The van der Waals surface area contributed by atoms with Crippen LogP contribution in [-0.2, 0) is 7.05 Å². The van der Waals surface area contributed by atoms with Gasteiger partial charge in [-0.25, -0.2) is 0 Å². The Morgan fingerprint density at radius 2 is 2.00 bits per heavy atom. The van der Waals surface area contributed by atoms with Crippen molar-refractivity contribution in [2.45, 2.75) is 13.0 Å². The van der Waals surface area contributed by atoms with Gasteiger partial charge in [-0.3, -0.25) is 4.68 Å². The summed E-state index contributed by atoms with van der Waals surface area (Å²) in [5.41, 5.74) is 2.33. The first-order chi connectivity index (χ1) is 7.25. The van der Waals surface area contributed by atoms with Crippen LogP contribution in [0, 0.1) is 0 Å². The third-order valence-electron chi connectivity index (χ3n) is 2.39. The summed E-state index contributed by atoms with van der Waals surface area (Å²) in [4.78, 5) is 0. The number of hydrogen-bond donors (Lipinski definition) is 1. The van der Waals surface area contributed by atoms with E-state index in [0.29, 0.717) is 6.04 Å². The van der Waals surface area contributed by atoms with Crippen molar-refractivity contribution in [3.8, 4) is 0 Å². The molecule has 1 heterocycles. The van der Waals surface area contributed by atoms with E-state index in [9.17, 15) is 0 Å². The molecule has 3 heteroatoms. The molecule has 0 saturated heterocycles. The summed E-state index contributed by atoms with van der Waals surface area (Å²) in [6, 6.07) is 10.7. The minimum absolute atomic E-state index is 0.301. The van der Waals surface area contributed by atoms with Gasteiger partial charge in [0.25, 0.3) is 0 Å². The van der Waals surface area contributed by atoms with E-state index in [2.05, 4.69) is 41.6 Å². The Balaban J connectivity index is 2.07. The highest BCUT2D eigenvalue weighted by molar-refractivity contribution is 5.41. The monoisotopic (exact) mass is 201 g/mol. The van der Waals surface area contributed by atoms with E-state index in [4.69, 9.17) is 0 Å². The fourth-order valence-corrected chi connectivity index (χ4v) is 1.57. The molecule has 0 saturated carbocycles. The molecule has 1 atom stereocenters. The van der Waals surface area contributed by atoms with Crippen molar-refractivity contribution >= 4 is 5.69 Å². The summed E-state index contributed by atoms with van der Waals surface area (Å²) in [5.74, 6) is 0. The lowest BCUT2D eigenvalue weighted by molar-refractivity contribution is 0.767. The fraction of sp³-hybridized carbons (Fsp3) is 0.250. The molecule has 2 rings (SSSR count). The Bertz CT molecular complexity index is 419. The van der Waals surface area contributed by atoms with Gasteiger partial charge in [-0.1, -0.05) is 30.3 Å². The Labute approximate surface area is 89.7 Å². The van der Waals surface area contributed by atoms with E-state index in [-0.39, 0.29) is 0 Å². The first-order valence-electron chi connectivity index (χ1n) is 5.06. The number of rotatable bonds is 3. The predicted octanol–water partition coefficient (Wildman–Crippen LogP) is 2.59. The molecule has 0 bridgehead atoms. The van der Waals surface area contributed by atoms with E-state index >= 15 is 0 Å². The topological polar surface area (TPSA) is 29.9 Å². The van der Waals surface area contributed by atoms with Crippen molar-refractivity contribution in [3.63, 3.8) is 0 Å². The summed E-state index contributed by atoms with van der Waals surface area (Å²) in [7, 11) is 1.92. The van der Waals surface area contributed by atoms with E-state index in [1.165, 1.54) is 5.56 Å². The van der Waals surface area contributed by atoms with Crippen LogP contribution in [0.25, 0.3) is 0 Å². The standard InChI is InChI=1S/C12H15N3/c1-10(11-6-4-3-5-7-11)14-12-8-13-15(2)9-12/h3-10,14H,1-2H3. The molecule has 0 radical (unpaired) electrons. The molecule has 0 aliphatic carbocycles. The maximum atomic E-state index is 4.12. The maximum Gasteiger partial charge on any atom is 0.0731 e. The average molecular weight is 201 g/mol. The van der Waals surface area contributed by atoms with Crippen LogP contribution in [0.15, 0.2) is 42.7 Å². The van der Waals surface area contributed by atoms with Crippen LogP contribution in [0.2, 0.25) is 0 Å². The molecule has 2 aromatic rings. The van der Waals surface area contributed by atoms with Gasteiger partial charge < -0.3 is 5.32 Å². The summed E-state index contributed by atoms with van der Waals surface area (Å²) < 4.78 is 1.79. The van der Waals surface area contributed by atoms with Gasteiger partial charge >= 0.3 is 0 Å². The zero-order chi connectivity index (χ0) is 10.7. The number of nitrogens with one attached hydrogen (secondary N) is 1. The lowest BCUT2D eigenvalue weighted by atomic mass is 10.1. The lowest BCUT2D eigenvalue weighted by Gasteiger charge is -2.13. The molecule has 15 heavy (non-hydrogen) atoms. The van der Waals surface area contributed by atoms with Gasteiger partial charge in [-0.15, -0.1) is 0 Å². The SMILES string of the molecule is CC(Nc1cnn(C)c1)c1ccccc1. The molecule has 0 aliphatic heterocycles. The number of aromatic nitrogens is 2. The number of anilines is 1. The lowest BCUT2D eigenvalue weighted by Crippen LogP contribution is -2.05. The highest BCUT2D eigenvalue weighted by Crippen LogP contribution is 2.17. The Hall–Kier alpha value is -1.77. The second-order valence-corrected chi connectivity index (χ2v) is 3.68. The van der Waals surface area contributed by atoms with Gasteiger partial charge in [0.1, 0.15) is 0 Å². The normalized spacial score (nSPS) is 12.4. The Morgan fingerprint density at radius 3 is 2.60 bits per heavy atom. The highest BCUT2D eigenvalue weighted by atomic mass is 15.3. The highest BCUT2D eigenvalue weighted by Gasteiger charge is 2.04. The number of nitrogens with zero attached hydrogens (tertiary/aromatic N) is 2. The summed E-state index contributed by atoms with van der Waals surface area (Å²) >= 11 is 0. The third kappa shape index (κ3) is 2.37. The largest absolute Gasteiger partial charge is 0.376 e. The number of benzene rings is 1. The van der Waals surface area contributed by atoms with Crippen LogP contribution >= 0.6 is 0 Å². The number of hydrogen-bond acceptors (Lipinski definition) is 2. The smallest absolute Gasteiger partial charge is 0.0731 e. The molecule has 3 nitrogen and oxygen atoms in total. The molecule has 1 N–H and O–H groups in total. The summed E-state index contributed by atoms with van der Waals surface area (Å²) in [6.45, 7) is 2.14. The second kappa shape index (κ2) is 4.17. The minimum atomic E-state index is 0.301. The first kappa shape index (κ1) is 9.77. The molecule has 1 unspecified atom stereocenters. The van der Waals surface area contributed by atoms with Crippen LogP contribution in [0.4, 0.5) is 5.69 Å². The van der Waals surface area contributed by atoms with Gasteiger partial charge in [0.15, 0.2) is 0 Å². The molecule has 0 aliphatic rings. The quantitative estimate of drug-likeness (QED) is 0.827. The van der Waals surface area contributed by atoms with Gasteiger partial charge in [-0.2, -0.15) is 5.10 Å². The van der Waals surface area contributed by atoms with Gasteiger partial charge in [0.2, 0.25) is 0 Å². The zero-order valence-electron chi connectivity index (χ0n) is 9.01. The molecular weight excluding hydrogens is 186 g/mol. The molecule has 1 aromatic carbocycles. The van der Waals surface area contributed by atoms with Gasteiger partial charge in [0.05, 0.1) is 11.9 Å². The van der Waals surface area contributed by atoms with Crippen LogP contribution in [0.1, 0.15) is 18.5 Å². The van der Waals surface area contributed by atoms with Crippen LogP contribution in [-0.4, -0.2) is 9.78 Å². The first-order valence-corrected chi connectivity index (χ1v) is 5.06. The molecule has 1 aromatic heterocycles. The van der Waals surface area contributed by atoms with E-state index in [1.54, 1.807) is 4.68 Å². The molecule has 0 amide bonds. The molecule has 0 fully saturated rings. The van der Waals surface area contributed by atoms with E-state index in [1.807, 2.05) is 25.5 Å². The molecular formula is C12H15N3. The molecule has 0 spiro atoms. The van der Waals surface area contributed by atoms with Crippen molar-refractivity contribution in [1.29, 1.82) is 0 Å². The zero-order valence-corrected chi connectivity index (χ0v) is 9.01. The van der Waals surface area contributed by atoms with Crippen molar-refractivity contribution in [3.05, 3.63) is 48.3 Å². The van der Waals surface area contributed by atoms with Gasteiger partial charge in [0, 0.05) is 19.3 Å². The summed E-state index contributed by atoms with van der Waals surface area (Å²) in [5, 5.41) is 7.51. The van der Waals surface area contributed by atoms with Gasteiger partial charge in [-0.05, 0) is 12.5 Å². The van der Waals surface area contributed by atoms with Crippen molar-refractivity contribution < 1.29 is 0 Å². The fourth-order valence-electron chi connectivity index (χ4n) is 1.57. The van der Waals surface area contributed by atoms with Crippen LogP contribution in [0.3, 0.4) is 0 Å². The second-order valence-electron chi connectivity index (χ2n) is 3.68. The summed E-state index contributed by atoms with van der Waals surface area (Å²) in [6.07, 6.45) is 3.80. The van der Waals surface area contributed by atoms with Crippen molar-refractivity contribution in [1.82, 2.24) is 9.78 Å². The Morgan fingerprint density at radius 1 is 1.27 bits per heavy atom. The average Bonchev–Trinajstić information content (AvgIpc) is 2.65.